The highest BCUT2D eigenvalue weighted by atomic mass is 16.5. The number of piperazine rings is 1. The van der Waals surface area contributed by atoms with E-state index in [2.05, 4.69) is 17.0 Å². The number of rotatable bonds is 9. The minimum atomic E-state index is 0.0266. The van der Waals surface area contributed by atoms with Gasteiger partial charge in [-0.2, -0.15) is 0 Å². The number of ether oxygens (including phenoxy) is 3. The molecule has 1 fully saturated rings. The molecule has 1 heterocycles. The molecule has 1 saturated heterocycles. The monoisotopic (exact) mass is 398 g/mol. The van der Waals surface area contributed by atoms with E-state index in [1.165, 1.54) is 5.56 Å². The zero-order chi connectivity index (χ0) is 20.5. The summed E-state index contributed by atoms with van der Waals surface area (Å²) in [5.74, 6) is 1.54. The summed E-state index contributed by atoms with van der Waals surface area (Å²) < 4.78 is 16.2. The Morgan fingerprint density at radius 3 is 2.34 bits per heavy atom. The Labute approximate surface area is 173 Å². The first-order chi connectivity index (χ1) is 14.2. The first kappa shape index (κ1) is 21.1. The van der Waals surface area contributed by atoms with Crippen molar-refractivity contribution in [1.29, 1.82) is 0 Å². The molecule has 1 aliphatic heterocycles. The number of benzene rings is 2. The van der Waals surface area contributed by atoms with Gasteiger partial charge in [0, 0.05) is 39.8 Å². The molecule has 0 spiro atoms. The number of carbonyl (C=O) groups excluding carboxylic acids is 1. The molecular weight excluding hydrogens is 368 g/mol. The lowest BCUT2D eigenvalue weighted by atomic mass is 10.1. The Hall–Kier alpha value is -2.57. The van der Waals surface area contributed by atoms with E-state index in [4.69, 9.17) is 14.2 Å². The molecule has 6 nitrogen and oxygen atoms in total. The van der Waals surface area contributed by atoms with Crippen LogP contribution in [0, 0.1) is 0 Å². The largest absolute Gasteiger partial charge is 0.494 e. The maximum atomic E-state index is 13.0. The second kappa shape index (κ2) is 10.8. The van der Waals surface area contributed by atoms with Crippen molar-refractivity contribution < 1.29 is 19.0 Å². The van der Waals surface area contributed by atoms with E-state index in [9.17, 15) is 4.79 Å². The third-order valence-electron chi connectivity index (χ3n) is 4.96. The Kier molecular flexibility index (Phi) is 7.90. The van der Waals surface area contributed by atoms with Crippen molar-refractivity contribution in [3.05, 3.63) is 59.7 Å². The number of carbonyl (C=O) groups is 1. The predicted octanol–water partition coefficient (Wildman–Crippen LogP) is 3.07. The smallest absolute Gasteiger partial charge is 0.257 e. The predicted molar refractivity (Wildman–Crippen MR) is 113 cm³/mol. The summed E-state index contributed by atoms with van der Waals surface area (Å²) in [7, 11) is 1.63. The van der Waals surface area contributed by atoms with Gasteiger partial charge in [-0.1, -0.05) is 24.3 Å². The van der Waals surface area contributed by atoms with Gasteiger partial charge in [0.25, 0.3) is 5.91 Å². The van der Waals surface area contributed by atoms with Crippen molar-refractivity contribution >= 4 is 5.91 Å². The third kappa shape index (κ3) is 5.95. The van der Waals surface area contributed by atoms with Crippen molar-refractivity contribution in [2.24, 2.45) is 0 Å². The first-order valence-electron chi connectivity index (χ1n) is 10.2. The summed E-state index contributed by atoms with van der Waals surface area (Å²) >= 11 is 0. The molecule has 29 heavy (non-hydrogen) atoms. The number of nitrogens with zero attached hydrogens (tertiary/aromatic N) is 2. The van der Waals surface area contributed by atoms with E-state index < -0.39 is 0 Å². The molecule has 0 unspecified atom stereocenters. The maximum absolute atomic E-state index is 13.0. The first-order valence-corrected chi connectivity index (χ1v) is 10.2. The summed E-state index contributed by atoms with van der Waals surface area (Å²) in [4.78, 5) is 17.3. The van der Waals surface area contributed by atoms with Crippen LogP contribution in [0.25, 0.3) is 0 Å². The molecule has 0 radical (unpaired) electrons. The van der Waals surface area contributed by atoms with Gasteiger partial charge in [-0.25, -0.2) is 0 Å². The van der Waals surface area contributed by atoms with Gasteiger partial charge in [-0.15, -0.1) is 0 Å². The molecule has 156 valence electrons. The van der Waals surface area contributed by atoms with Crippen molar-refractivity contribution in [2.45, 2.75) is 13.5 Å². The van der Waals surface area contributed by atoms with E-state index in [1.54, 1.807) is 7.11 Å². The van der Waals surface area contributed by atoms with Gasteiger partial charge in [-0.3, -0.25) is 9.69 Å². The van der Waals surface area contributed by atoms with Crippen molar-refractivity contribution in [3.63, 3.8) is 0 Å². The molecule has 2 aromatic rings. The lowest BCUT2D eigenvalue weighted by Gasteiger charge is -2.35. The van der Waals surface area contributed by atoms with Crippen LogP contribution in [-0.2, 0) is 11.3 Å². The highest BCUT2D eigenvalue weighted by Crippen LogP contribution is 2.21. The fraction of sp³-hybridized carbons (Fsp3) is 0.435. The number of amides is 1. The topological polar surface area (TPSA) is 51.2 Å². The third-order valence-corrected chi connectivity index (χ3v) is 4.96. The molecule has 1 amide bonds. The number of para-hydroxylation sites is 1. The zero-order valence-electron chi connectivity index (χ0n) is 17.3. The SMILES string of the molecule is CCOc1ccc(CN2CCN(C(=O)c3ccccc3OCCOC)CC2)cc1. The Morgan fingerprint density at radius 2 is 1.66 bits per heavy atom. The minimum Gasteiger partial charge on any atom is -0.494 e. The van der Waals surface area contributed by atoms with Crippen LogP contribution in [0.4, 0.5) is 0 Å². The minimum absolute atomic E-state index is 0.0266. The molecule has 3 rings (SSSR count). The van der Waals surface area contributed by atoms with Gasteiger partial charge < -0.3 is 19.1 Å². The van der Waals surface area contributed by atoms with Gasteiger partial charge in [0.2, 0.25) is 0 Å². The summed E-state index contributed by atoms with van der Waals surface area (Å²) in [5.41, 5.74) is 1.87. The quantitative estimate of drug-likeness (QED) is 0.608. The summed E-state index contributed by atoms with van der Waals surface area (Å²) in [5, 5.41) is 0. The van der Waals surface area contributed by atoms with Gasteiger partial charge in [0.05, 0.1) is 18.8 Å². The summed E-state index contributed by atoms with van der Waals surface area (Å²) in [6.07, 6.45) is 0. The maximum Gasteiger partial charge on any atom is 0.257 e. The molecule has 6 heteroatoms. The second-order valence-corrected chi connectivity index (χ2v) is 6.98. The van der Waals surface area contributed by atoms with E-state index >= 15 is 0 Å². The highest BCUT2D eigenvalue weighted by Gasteiger charge is 2.24. The molecule has 0 saturated carbocycles. The van der Waals surface area contributed by atoms with Crippen LogP contribution in [-0.4, -0.2) is 68.8 Å². The average molecular weight is 399 g/mol. The zero-order valence-corrected chi connectivity index (χ0v) is 17.3. The molecule has 0 aliphatic carbocycles. The molecule has 2 aromatic carbocycles. The van der Waals surface area contributed by atoms with E-state index in [1.807, 2.05) is 48.2 Å². The van der Waals surface area contributed by atoms with Crippen LogP contribution in [0.15, 0.2) is 48.5 Å². The molecule has 0 N–H and O–H groups in total. The van der Waals surface area contributed by atoms with Crippen LogP contribution in [0.2, 0.25) is 0 Å². The lowest BCUT2D eigenvalue weighted by Crippen LogP contribution is -2.48. The Balaban J connectivity index is 1.53. The highest BCUT2D eigenvalue weighted by molar-refractivity contribution is 5.97. The Bertz CT molecular complexity index is 771. The summed E-state index contributed by atoms with van der Waals surface area (Å²) in [6.45, 7) is 7.59. The normalized spacial score (nSPS) is 14.6. The molecule has 1 aliphatic rings. The van der Waals surface area contributed by atoms with Crippen molar-refractivity contribution in [3.8, 4) is 11.5 Å². The molecule has 0 atom stereocenters. The van der Waals surface area contributed by atoms with Crippen LogP contribution in [0.3, 0.4) is 0 Å². The number of hydrogen-bond donors (Lipinski definition) is 0. The van der Waals surface area contributed by atoms with Crippen LogP contribution >= 0.6 is 0 Å². The van der Waals surface area contributed by atoms with Crippen LogP contribution in [0.5, 0.6) is 11.5 Å². The van der Waals surface area contributed by atoms with Gasteiger partial charge in [-0.05, 0) is 36.8 Å². The van der Waals surface area contributed by atoms with Gasteiger partial charge in [0.15, 0.2) is 0 Å². The number of methoxy groups -OCH3 is 1. The number of hydrogen-bond acceptors (Lipinski definition) is 5. The fourth-order valence-corrected chi connectivity index (χ4v) is 3.40. The standard InChI is InChI=1S/C23H30N2O4/c1-3-28-20-10-8-19(9-11-20)18-24-12-14-25(15-13-24)23(26)21-6-4-5-7-22(21)29-17-16-27-2/h4-11H,3,12-18H2,1-2H3. The Morgan fingerprint density at radius 1 is 0.931 bits per heavy atom. The molecule has 0 bridgehead atoms. The summed E-state index contributed by atoms with van der Waals surface area (Å²) in [6, 6.07) is 15.7. The van der Waals surface area contributed by atoms with E-state index in [-0.39, 0.29) is 5.91 Å². The van der Waals surface area contributed by atoms with Crippen LogP contribution < -0.4 is 9.47 Å². The van der Waals surface area contributed by atoms with Crippen molar-refractivity contribution in [1.82, 2.24) is 9.80 Å². The lowest BCUT2D eigenvalue weighted by molar-refractivity contribution is 0.0622. The fourth-order valence-electron chi connectivity index (χ4n) is 3.40. The van der Waals surface area contributed by atoms with E-state index in [0.717, 1.165) is 25.4 Å². The molecular formula is C23H30N2O4. The van der Waals surface area contributed by atoms with Crippen LogP contribution in [0.1, 0.15) is 22.8 Å². The average Bonchev–Trinajstić information content (AvgIpc) is 2.76. The van der Waals surface area contributed by atoms with Gasteiger partial charge >= 0.3 is 0 Å². The second-order valence-electron chi connectivity index (χ2n) is 6.98. The van der Waals surface area contributed by atoms with Gasteiger partial charge in [0.1, 0.15) is 18.1 Å². The van der Waals surface area contributed by atoms with E-state index in [0.29, 0.717) is 44.2 Å². The molecule has 0 aromatic heterocycles. The van der Waals surface area contributed by atoms with Crippen molar-refractivity contribution in [2.75, 3.05) is 53.1 Å².